The fourth-order valence-corrected chi connectivity index (χ4v) is 3.01. The van der Waals surface area contributed by atoms with Gasteiger partial charge in [0.25, 0.3) is 5.91 Å². The highest BCUT2D eigenvalue weighted by atomic mass is 16.5. The van der Waals surface area contributed by atoms with Gasteiger partial charge in [-0.15, -0.1) is 15.3 Å². The highest BCUT2D eigenvalue weighted by molar-refractivity contribution is 5.94. The molecule has 0 unspecified atom stereocenters. The molecule has 3 aromatic rings. The number of hydrogen-bond donors (Lipinski definition) is 1. The molecule has 0 radical (unpaired) electrons. The first-order valence-corrected chi connectivity index (χ1v) is 8.10. The maximum absolute atomic E-state index is 12.4. The number of carbonyl (C=O) groups excluding carboxylic acids is 1. The van der Waals surface area contributed by atoms with E-state index in [0.29, 0.717) is 17.0 Å². The van der Waals surface area contributed by atoms with Crippen molar-refractivity contribution in [1.29, 1.82) is 0 Å². The van der Waals surface area contributed by atoms with Crippen LogP contribution in [0.25, 0.3) is 5.65 Å². The molecule has 1 aliphatic heterocycles. The molecule has 1 N–H and O–H groups in total. The van der Waals surface area contributed by atoms with Crippen LogP contribution in [0.2, 0.25) is 0 Å². The van der Waals surface area contributed by atoms with Crippen molar-refractivity contribution in [3.8, 4) is 5.75 Å². The summed E-state index contributed by atoms with van der Waals surface area (Å²) in [4.78, 5) is 14.6. The molecule has 1 aromatic carbocycles. The summed E-state index contributed by atoms with van der Waals surface area (Å²) in [6.45, 7) is 1.56. The molecule has 2 aromatic heterocycles. The third kappa shape index (κ3) is 3.10. The van der Waals surface area contributed by atoms with Crippen LogP contribution in [0.1, 0.15) is 16.8 Å². The molecule has 1 fully saturated rings. The summed E-state index contributed by atoms with van der Waals surface area (Å²) >= 11 is 0. The number of anilines is 1. The van der Waals surface area contributed by atoms with E-state index < -0.39 is 0 Å². The minimum absolute atomic E-state index is 0.0807. The molecule has 4 rings (SSSR count). The Morgan fingerprint density at radius 1 is 1.32 bits per heavy atom. The van der Waals surface area contributed by atoms with E-state index in [2.05, 4.69) is 25.5 Å². The molecule has 0 bridgehead atoms. The van der Waals surface area contributed by atoms with Crippen molar-refractivity contribution in [2.75, 3.05) is 25.1 Å². The monoisotopic (exact) mass is 338 g/mol. The van der Waals surface area contributed by atoms with Gasteiger partial charge in [-0.3, -0.25) is 4.79 Å². The molecule has 0 saturated carbocycles. The number of ether oxygens (including phenoxy) is 1. The second-order valence-electron chi connectivity index (χ2n) is 5.96. The second-order valence-corrected chi connectivity index (χ2v) is 5.96. The normalized spacial score (nSPS) is 17.0. The number of amides is 1. The van der Waals surface area contributed by atoms with Gasteiger partial charge in [-0.2, -0.15) is 4.52 Å². The van der Waals surface area contributed by atoms with E-state index in [1.807, 2.05) is 24.3 Å². The average Bonchev–Trinajstić information content (AvgIpc) is 3.30. The Morgan fingerprint density at radius 2 is 2.24 bits per heavy atom. The molecule has 8 heteroatoms. The Bertz CT molecular complexity index is 909. The van der Waals surface area contributed by atoms with Crippen molar-refractivity contribution in [2.24, 2.45) is 0 Å². The summed E-state index contributed by atoms with van der Waals surface area (Å²) in [5.41, 5.74) is 1.31. The fourth-order valence-electron chi connectivity index (χ4n) is 3.01. The number of nitrogens with one attached hydrogen (secondary N) is 1. The first-order valence-electron chi connectivity index (χ1n) is 8.10. The van der Waals surface area contributed by atoms with E-state index in [4.69, 9.17) is 4.74 Å². The maximum Gasteiger partial charge on any atom is 0.251 e. The topological polar surface area (TPSA) is 84.6 Å². The summed E-state index contributed by atoms with van der Waals surface area (Å²) in [6, 6.07) is 11.1. The van der Waals surface area contributed by atoms with Crippen LogP contribution in [-0.2, 0) is 0 Å². The summed E-state index contributed by atoms with van der Waals surface area (Å²) in [5, 5.41) is 15.4. The van der Waals surface area contributed by atoms with Crippen LogP contribution in [0.4, 0.5) is 5.82 Å². The zero-order valence-corrected chi connectivity index (χ0v) is 13.8. The van der Waals surface area contributed by atoms with Gasteiger partial charge in [0.15, 0.2) is 5.65 Å². The molecule has 128 valence electrons. The van der Waals surface area contributed by atoms with E-state index in [1.54, 1.807) is 30.1 Å². The number of rotatable bonds is 4. The van der Waals surface area contributed by atoms with Crippen LogP contribution in [0.3, 0.4) is 0 Å². The Balaban J connectivity index is 1.42. The predicted molar refractivity (Wildman–Crippen MR) is 91.9 cm³/mol. The van der Waals surface area contributed by atoms with Gasteiger partial charge in [-0.05, 0) is 36.8 Å². The highest BCUT2D eigenvalue weighted by Crippen LogP contribution is 2.19. The zero-order chi connectivity index (χ0) is 17.2. The standard InChI is InChI=1S/C17H18N6O2/c1-25-14-4-2-3-12(9-14)17(24)19-13-7-8-22(10-13)16-6-5-15-20-18-11-23(15)21-16/h2-6,9,11,13H,7-8,10H2,1H3,(H,19,24)/t13-/m0/s1. The minimum Gasteiger partial charge on any atom is -0.497 e. The van der Waals surface area contributed by atoms with Crippen LogP contribution in [0.5, 0.6) is 5.75 Å². The van der Waals surface area contributed by atoms with Crippen LogP contribution < -0.4 is 15.0 Å². The van der Waals surface area contributed by atoms with Crippen LogP contribution in [0, 0.1) is 0 Å². The van der Waals surface area contributed by atoms with Gasteiger partial charge in [0, 0.05) is 24.7 Å². The van der Waals surface area contributed by atoms with Crippen molar-refractivity contribution < 1.29 is 9.53 Å². The molecular formula is C17H18N6O2. The predicted octanol–water partition coefficient (Wildman–Crippen LogP) is 1.14. The fraction of sp³-hybridized carbons (Fsp3) is 0.294. The van der Waals surface area contributed by atoms with Crippen molar-refractivity contribution in [3.05, 3.63) is 48.3 Å². The number of nitrogens with zero attached hydrogens (tertiary/aromatic N) is 5. The van der Waals surface area contributed by atoms with Gasteiger partial charge in [0.1, 0.15) is 17.9 Å². The van der Waals surface area contributed by atoms with E-state index in [1.165, 1.54) is 0 Å². The lowest BCUT2D eigenvalue weighted by molar-refractivity contribution is 0.0940. The first kappa shape index (κ1) is 15.4. The van der Waals surface area contributed by atoms with E-state index >= 15 is 0 Å². The van der Waals surface area contributed by atoms with Crippen LogP contribution in [0.15, 0.2) is 42.7 Å². The summed E-state index contributed by atoms with van der Waals surface area (Å²) in [7, 11) is 1.59. The number of hydrogen-bond acceptors (Lipinski definition) is 6. The van der Waals surface area contributed by atoms with Crippen LogP contribution in [-0.4, -0.2) is 52.0 Å². The smallest absolute Gasteiger partial charge is 0.251 e. The zero-order valence-electron chi connectivity index (χ0n) is 13.8. The minimum atomic E-state index is -0.0898. The lowest BCUT2D eigenvalue weighted by Gasteiger charge is -2.18. The van der Waals surface area contributed by atoms with Gasteiger partial charge >= 0.3 is 0 Å². The molecule has 0 aliphatic carbocycles. The lowest BCUT2D eigenvalue weighted by Crippen LogP contribution is -2.37. The molecule has 8 nitrogen and oxygen atoms in total. The molecule has 1 amide bonds. The van der Waals surface area contributed by atoms with Crippen molar-refractivity contribution >= 4 is 17.4 Å². The van der Waals surface area contributed by atoms with Crippen molar-refractivity contribution in [2.45, 2.75) is 12.5 Å². The summed E-state index contributed by atoms with van der Waals surface area (Å²) < 4.78 is 6.82. The SMILES string of the molecule is COc1cccc(C(=O)N[C@H]2CCN(c3ccc4nncn4n3)C2)c1. The number of benzene rings is 1. The van der Waals surface area contributed by atoms with Gasteiger partial charge in [0.2, 0.25) is 0 Å². The molecule has 25 heavy (non-hydrogen) atoms. The molecule has 1 saturated heterocycles. The van der Waals surface area contributed by atoms with E-state index in [0.717, 1.165) is 25.3 Å². The second kappa shape index (κ2) is 6.39. The number of aromatic nitrogens is 4. The largest absolute Gasteiger partial charge is 0.497 e. The summed E-state index contributed by atoms with van der Waals surface area (Å²) in [6.07, 6.45) is 2.45. The Kier molecular flexibility index (Phi) is 3.93. The molecule has 1 aliphatic rings. The lowest BCUT2D eigenvalue weighted by atomic mass is 10.2. The number of methoxy groups -OCH3 is 1. The van der Waals surface area contributed by atoms with Gasteiger partial charge < -0.3 is 15.0 Å². The maximum atomic E-state index is 12.4. The third-order valence-corrected chi connectivity index (χ3v) is 4.33. The van der Waals surface area contributed by atoms with Crippen molar-refractivity contribution in [3.63, 3.8) is 0 Å². The first-order chi connectivity index (χ1) is 12.2. The third-order valence-electron chi connectivity index (χ3n) is 4.33. The average molecular weight is 338 g/mol. The Hall–Kier alpha value is -3.16. The van der Waals surface area contributed by atoms with Crippen molar-refractivity contribution in [1.82, 2.24) is 25.1 Å². The number of carbonyl (C=O) groups is 1. The van der Waals surface area contributed by atoms with Crippen LogP contribution >= 0.6 is 0 Å². The van der Waals surface area contributed by atoms with Gasteiger partial charge in [-0.1, -0.05) is 6.07 Å². The Labute approximate surface area is 144 Å². The van der Waals surface area contributed by atoms with E-state index in [9.17, 15) is 4.79 Å². The quantitative estimate of drug-likeness (QED) is 0.768. The highest BCUT2D eigenvalue weighted by Gasteiger charge is 2.25. The van der Waals surface area contributed by atoms with Gasteiger partial charge in [-0.25, -0.2) is 0 Å². The molecule has 0 spiro atoms. The summed E-state index contributed by atoms with van der Waals surface area (Å²) in [5.74, 6) is 1.44. The number of fused-ring (bicyclic) bond motifs is 1. The Morgan fingerprint density at radius 3 is 3.12 bits per heavy atom. The molecular weight excluding hydrogens is 320 g/mol. The van der Waals surface area contributed by atoms with E-state index in [-0.39, 0.29) is 11.9 Å². The molecule has 3 heterocycles. The molecule has 1 atom stereocenters. The van der Waals surface area contributed by atoms with Gasteiger partial charge in [0.05, 0.1) is 7.11 Å².